The Morgan fingerprint density at radius 1 is 1.06 bits per heavy atom. The van der Waals surface area contributed by atoms with Crippen LogP contribution in [0.2, 0.25) is 0 Å². The van der Waals surface area contributed by atoms with Crippen LogP contribution in [0.4, 0.5) is 22.7 Å². The van der Waals surface area contributed by atoms with Crippen molar-refractivity contribution in [2.45, 2.75) is 0 Å². The number of hydroxylamine groups is 1. The molecule has 0 saturated carbocycles. The number of nitrogens with two attached hydrogens (primary N) is 1. The number of quaternary nitrogens is 1. The van der Waals surface area contributed by atoms with Gasteiger partial charge in [0.25, 0.3) is 0 Å². The summed E-state index contributed by atoms with van der Waals surface area (Å²) in [5, 5.41) is 12.8. The maximum Gasteiger partial charge on any atom is 0.201 e. The van der Waals surface area contributed by atoms with Crippen molar-refractivity contribution in [3.05, 3.63) is 53.7 Å². The SMILES string of the molecule is Nc1ccc2c(c1)N=C[N+]2([O-])c1ccccc1. The lowest BCUT2D eigenvalue weighted by Crippen LogP contribution is -2.33. The van der Waals surface area contributed by atoms with Gasteiger partial charge in [-0.2, -0.15) is 4.99 Å². The number of hydrogen-bond donors (Lipinski definition) is 1. The Labute approximate surface area is 98.8 Å². The minimum atomic E-state index is -0.656. The summed E-state index contributed by atoms with van der Waals surface area (Å²) in [6.07, 6.45) is 1.39. The van der Waals surface area contributed by atoms with E-state index in [2.05, 4.69) is 4.99 Å². The van der Waals surface area contributed by atoms with E-state index in [1.54, 1.807) is 30.3 Å². The van der Waals surface area contributed by atoms with Crippen LogP contribution in [0.1, 0.15) is 0 Å². The third-order valence-corrected chi connectivity index (χ3v) is 2.86. The largest absolute Gasteiger partial charge is 0.616 e. The van der Waals surface area contributed by atoms with Crippen molar-refractivity contribution in [3.63, 3.8) is 0 Å². The first kappa shape index (κ1) is 10.0. The molecule has 2 N–H and O–H groups in total. The Kier molecular flexibility index (Phi) is 2.01. The second kappa shape index (κ2) is 3.41. The molecule has 0 radical (unpaired) electrons. The number of nitrogens with zero attached hydrogens (tertiary/aromatic N) is 2. The van der Waals surface area contributed by atoms with E-state index < -0.39 is 4.65 Å². The van der Waals surface area contributed by atoms with Crippen LogP contribution >= 0.6 is 0 Å². The second-order valence-electron chi connectivity index (χ2n) is 3.99. The molecule has 1 aliphatic heterocycles. The number of para-hydroxylation sites is 1. The van der Waals surface area contributed by atoms with Crippen molar-refractivity contribution in [3.8, 4) is 0 Å². The molecule has 1 atom stereocenters. The Balaban J connectivity index is 2.18. The van der Waals surface area contributed by atoms with Crippen LogP contribution in [0.25, 0.3) is 0 Å². The number of benzene rings is 2. The fourth-order valence-corrected chi connectivity index (χ4v) is 1.99. The minimum absolute atomic E-state index is 0.602. The molecular weight excluding hydrogens is 214 g/mol. The minimum Gasteiger partial charge on any atom is -0.616 e. The van der Waals surface area contributed by atoms with Crippen molar-refractivity contribution in [2.75, 3.05) is 5.73 Å². The predicted octanol–water partition coefficient (Wildman–Crippen LogP) is 3.08. The maximum absolute atomic E-state index is 12.8. The van der Waals surface area contributed by atoms with Gasteiger partial charge in [-0.3, -0.25) is 4.65 Å². The van der Waals surface area contributed by atoms with E-state index in [4.69, 9.17) is 5.73 Å². The van der Waals surface area contributed by atoms with E-state index in [9.17, 15) is 5.21 Å². The molecule has 0 aliphatic carbocycles. The van der Waals surface area contributed by atoms with Gasteiger partial charge < -0.3 is 10.9 Å². The van der Waals surface area contributed by atoms with E-state index >= 15 is 0 Å². The molecule has 17 heavy (non-hydrogen) atoms. The molecule has 4 heteroatoms. The number of nitrogen functional groups attached to an aromatic ring is 1. The molecule has 4 nitrogen and oxygen atoms in total. The van der Waals surface area contributed by atoms with Gasteiger partial charge >= 0.3 is 0 Å². The molecule has 0 amide bonds. The summed E-state index contributed by atoms with van der Waals surface area (Å²) in [5.41, 5.74) is 8.17. The van der Waals surface area contributed by atoms with E-state index in [1.165, 1.54) is 6.34 Å². The first-order chi connectivity index (χ1) is 8.20. The zero-order valence-electron chi connectivity index (χ0n) is 9.08. The average Bonchev–Trinajstić information content (AvgIpc) is 2.69. The van der Waals surface area contributed by atoms with Crippen LogP contribution in [0.15, 0.2) is 53.5 Å². The maximum atomic E-state index is 12.8. The molecule has 0 fully saturated rings. The van der Waals surface area contributed by atoms with Gasteiger partial charge in [0.2, 0.25) is 6.34 Å². The molecular formula is C13H11N3O. The van der Waals surface area contributed by atoms with Gasteiger partial charge in [-0.15, -0.1) is 0 Å². The number of anilines is 1. The normalized spacial score (nSPS) is 21.5. The Morgan fingerprint density at radius 2 is 1.82 bits per heavy atom. The standard InChI is InChI=1S/C13H11N3O/c14-10-6-7-13-12(8-10)15-9-16(13,17)11-4-2-1-3-5-11/h1-9H,14H2. The third kappa shape index (κ3) is 1.43. The van der Waals surface area contributed by atoms with Crippen LogP contribution in [-0.2, 0) is 0 Å². The van der Waals surface area contributed by atoms with Crippen LogP contribution in [0, 0.1) is 5.21 Å². The van der Waals surface area contributed by atoms with E-state index in [0.717, 1.165) is 0 Å². The van der Waals surface area contributed by atoms with Gasteiger partial charge in [0.15, 0.2) is 5.69 Å². The zero-order valence-corrected chi connectivity index (χ0v) is 9.08. The van der Waals surface area contributed by atoms with Crippen LogP contribution in [0.3, 0.4) is 0 Å². The monoisotopic (exact) mass is 225 g/mol. The van der Waals surface area contributed by atoms with Crippen LogP contribution < -0.4 is 10.4 Å². The van der Waals surface area contributed by atoms with Gasteiger partial charge in [0, 0.05) is 23.9 Å². The van der Waals surface area contributed by atoms with Crippen molar-refractivity contribution in [1.82, 2.24) is 4.65 Å². The molecule has 2 aromatic carbocycles. The Hall–Kier alpha value is -2.17. The van der Waals surface area contributed by atoms with E-state index in [1.807, 2.05) is 18.2 Å². The molecule has 1 heterocycles. The number of fused-ring (bicyclic) bond motifs is 1. The molecule has 1 unspecified atom stereocenters. The summed E-state index contributed by atoms with van der Waals surface area (Å²) >= 11 is 0. The van der Waals surface area contributed by atoms with Crippen molar-refractivity contribution < 1.29 is 0 Å². The Bertz CT molecular complexity index is 595. The van der Waals surface area contributed by atoms with Gasteiger partial charge in [-0.05, 0) is 12.1 Å². The van der Waals surface area contributed by atoms with Gasteiger partial charge in [0.05, 0.1) is 0 Å². The molecule has 84 valence electrons. The predicted molar refractivity (Wildman–Crippen MR) is 70.3 cm³/mol. The van der Waals surface area contributed by atoms with Crippen LogP contribution in [0.5, 0.6) is 0 Å². The van der Waals surface area contributed by atoms with Gasteiger partial charge in [-0.1, -0.05) is 18.2 Å². The van der Waals surface area contributed by atoms with Gasteiger partial charge in [0.1, 0.15) is 11.4 Å². The molecule has 2 aromatic rings. The third-order valence-electron chi connectivity index (χ3n) is 2.86. The van der Waals surface area contributed by atoms with Crippen LogP contribution in [-0.4, -0.2) is 6.34 Å². The summed E-state index contributed by atoms with van der Waals surface area (Å²) < 4.78 is -0.656. The smallest absolute Gasteiger partial charge is 0.201 e. The molecule has 0 aromatic heterocycles. The first-order valence-electron chi connectivity index (χ1n) is 5.31. The van der Waals surface area contributed by atoms with Crippen molar-refractivity contribution in [1.29, 1.82) is 0 Å². The van der Waals surface area contributed by atoms with E-state index in [0.29, 0.717) is 22.7 Å². The van der Waals surface area contributed by atoms with Crippen molar-refractivity contribution >= 4 is 29.1 Å². The first-order valence-corrected chi connectivity index (χ1v) is 5.31. The highest BCUT2D eigenvalue weighted by molar-refractivity contribution is 5.96. The molecule has 0 bridgehead atoms. The molecule has 1 aliphatic rings. The summed E-state index contributed by atoms with van der Waals surface area (Å²) in [5.74, 6) is 0. The zero-order chi connectivity index (χ0) is 11.9. The molecule has 0 spiro atoms. The highest BCUT2D eigenvalue weighted by atomic mass is 16.5. The van der Waals surface area contributed by atoms with E-state index in [-0.39, 0.29) is 0 Å². The summed E-state index contributed by atoms with van der Waals surface area (Å²) in [4.78, 5) is 4.14. The lowest BCUT2D eigenvalue weighted by Gasteiger charge is -2.33. The lowest BCUT2D eigenvalue weighted by atomic mass is 10.2. The number of rotatable bonds is 1. The number of hydrogen-bond acceptors (Lipinski definition) is 3. The Morgan fingerprint density at radius 3 is 2.59 bits per heavy atom. The summed E-state index contributed by atoms with van der Waals surface area (Å²) in [6, 6.07) is 14.3. The van der Waals surface area contributed by atoms with Crippen molar-refractivity contribution in [2.24, 2.45) is 4.99 Å². The lowest BCUT2D eigenvalue weighted by molar-refractivity contribution is 0.777. The fraction of sp³-hybridized carbons (Fsp3) is 0. The molecule has 0 saturated heterocycles. The quantitative estimate of drug-likeness (QED) is 0.460. The average molecular weight is 225 g/mol. The highest BCUT2D eigenvalue weighted by Gasteiger charge is 2.30. The topological polar surface area (TPSA) is 61.4 Å². The summed E-state index contributed by atoms with van der Waals surface area (Å²) in [6.45, 7) is 0. The van der Waals surface area contributed by atoms with Gasteiger partial charge in [-0.25, -0.2) is 0 Å². The highest BCUT2D eigenvalue weighted by Crippen LogP contribution is 2.43. The second-order valence-corrected chi connectivity index (χ2v) is 3.99. The molecule has 3 rings (SSSR count). The summed E-state index contributed by atoms with van der Waals surface area (Å²) in [7, 11) is 0. The fourth-order valence-electron chi connectivity index (χ4n) is 1.99. The number of aliphatic imine (C=N–C) groups is 1.